The highest BCUT2D eigenvalue weighted by atomic mass is 32.1. The number of nitrogens with one attached hydrogen (secondary N) is 1. The normalized spacial score (nSPS) is 16.6. The molecule has 0 bridgehead atoms. The summed E-state index contributed by atoms with van der Waals surface area (Å²) in [5, 5.41) is 4.66. The minimum absolute atomic E-state index is 0.0702. The Morgan fingerprint density at radius 1 is 1.44 bits per heavy atom. The first-order chi connectivity index (χ1) is 8.70. The van der Waals surface area contributed by atoms with E-state index in [1.165, 1.54) is 0 Å². The van der Waals surface area contributed by atoms with Crippen molar-refractivity contribution >= 4 is 23.2 Å². The summed E-state index contributed by atoms with van der Waals surface area (Å²) in [4.78, 5) is 26.5. The maximum Gasteiger partial charge on any atom is 0.227 e. The van der Waals surface area contributed by atoms with Crippen LogP contribution in [0.1, 0.15) is 17.7 Å². The van der Waals surface area contributed by atoms with Crippen LogP contribution in [0.5, 0.6) is 0 Å². The number of thiophene rings is 1. The fraction of sp³-hybridized carbons (Fsp3) is 0.538. The van der Waals surface area contributed by atoms with Gasteiger partial charge < -0.3 is 10.2 Å². The third-order valence-electron chi connectivity index (χ3n) is 3.37. The van der Waals surface area contributed by atoms with Crippen molar-refractivity contribution in [3.8, 4) is 0 Å². The summed E-state index contributed by atoms with van der Waals surface area (Å²) >= 11 is 1.61. The molecule has 0 aliphatic carbocycles. The van der Waals surface area contributed by atoms with Crippen molar-refractivity contribution in [2.75, 3.05) is 20.1 Å². The van der Waals surface area contributed by atoms with Crippen LogP contribution in [0.15, 0.2) is 17.5 Å². The Balaban J connectivity index is 1.82. The van der Waals surface area contributed by atoms with Gasteiger partial charge >= 0.3 is 0 Å². The molecule has 98 valence electrons. The molecule has 0 unspecified atom stereocenters. The van der Waals surface area contributed by atoms with Crippen molar-refractivity contribution < 1.29 is 9.59 Å². The van der Waals surface area contributed by atoms with Crippen LogP contribution in [-0.4, -0.2) is 36.9 Å². The van der Waals surface area contributed by atoms with Crippen molar-refractivity contribution in [2.24, 2.45) is 5.92 Å². The molecular formula is C13H18N2O2S. The van der Waals surface area contributed by atoms with Crippen molar-refractivity contribution in [1.82, 2.24) is 10.2 Å². The van der Waals surface area contributed by atoms with E-state index in [1.807, 2.05) is 22.4 Å². The third kappa shape index (κ3) is 3.10. The molecule has 1 aromatic heterocycles. The summed E-state index contributed by atoms with van der Waals surface area (Å²) < 4.78 is 0. The quantitative estimate of drug-likeness (QED) is 0.896. The van der Waals surface area contributed by atoms with E-state index in [9.17, 15) is 9.59 Å². The summed E-state index contributed by atoms with van der Waals surface area (Å²) in [6, 6.07) is 3.95. The SMILES string of the molecule is CNC(=O)C1CCN(C(=O)Cc2cccs2)CC1. The van der Waals surface area contributed by atoms with E-state index in [2.05, 4.69) is 5.32 Å². The largest absolute Gasteiger partial charge is 0.359 e. The Morgan fingerprint density at radius 3 is 2.72 bits per heavy atom. The molecular weight excluding hydrogens is 248 g/mol. The van der Waals surface area contributed by atoms with E-state index in [0.29, 0.717) is 19.5 Å². The first-order valence-electron chi connectivity index (χ1n) is 6.22. The monoisotopic (exact) mass is 266 g/mol. The van der Waals surface area contributed by atoms with Gasteiger partial charge in [-0.25, -0.2) is 0 Å². The zero-order valence-electron chi connectivity index (χ0n) is 10.5. The van der Waals surface area contributed by atoms with Gasteiger partial charge in [0.2, 0.25) is 11.8 Å². The summed E-state index contributed by atoms with van der Waals surface area (Å²) in [5.74, 6) is 0.342. The lowest BCUT2D eigenvalue weighted by atomic mass is 9.96. The number of likely N-dealkylation sites (tertiary alicyclic amines) is 1. The van der Waals surface area contributed by atoms with E-state index in [4.69, 9.17) is 0 Å². The number of carbonyl (C=O) groups excluding carboxylic acids is 2. The molecule has 1 saturated heterocycles. The van der Waals surface area contributed by atoms with Crippen molar-refractivity contribution in [3.63, 3.8) is 0 Å². The Bertz CT molecular complexity index is 409. The van der Waals surface area contributed by atoms with Gasteiger partial charge in [-0.15, -0.1) is 11.3 Å². The van der Waals surface area contributed by atoms with Crippen LogP contribution in [0.2, 0.25) is 0 Å². The standard InChI is InChI=1S/C13H18N2O2S/c1-14-13(17)10-4-6-15(7-5-10)12(16)9-11-3-2-8-18-11/h2-3,8,10H,4-7,9H2,1H3,(H,14,17). The topological polar surface area (TPSA) is 49.4 Å². The highest BCUT2D eigenvalue weighted by Crippen LogP contribution is 2.19. The van der Waals surface area contributed by atoms with E-state index in [-0.39, 0.29) is 17.7 Å². The minimum Gasteiger partial charge on any atom is -0.359 e. The molecule has 2 rings (SSSR count). The van der Waals surface area contributed by atoms with Crippen LogP contribution in [0.4, 0.5) is 0 Å². The Labute approximate surface area is 111 Å². The zero-order valence-corrected chi connectivity index (χ0v) is 11.3. The maximum atomic E-state index is 12.0. The molecule has 1 aromatic rings. The van der Waals surface area contributed by atoms with Gasteiger partial charge in [-0.1, -0.05) is 6.07 Å². The van der Waals surface area contributed by atoms with Crippen LogP contribution in [0.3, 0.4) is 0 Å². The smallest absolute Gasteiger partial charge is 0.227 e. The molecule has 0 atom stereocenters. The van der Waals surface area contributed by atoms with Crippen LogP contribution in [0, 0.1) is 5.92 Å². The van der Waals surface area contributed by atoms with Gasteiger partial charge in [0.15, 0.2) is 0 Å². The molecule has 5 heteroatoms. The Kier molecular flexibility index (Phi) is 4.36. The molecule has 0 spiro atoms. The lowest BCUT2D eigenvalue weighted by Crippen LogP contribution is -2.42. The Hall–Kier alpha value is -1.36. The third-order valence-corrected chi connectivity index (χ3v) is 4.25. The first kappa shape index (κ1) is 13.1. The highest BCUT2D eigenvalue weighted by Gasteiger charge is 2.26. The number of piperidine rings is 1. The van der Waals surface area contributed by atoms with Crippen LogP contribution < -0.4 is 5.32 Å². The second-order valence-electron chi connectivity index (χ2n) is 4.53. The van der Waals surface area contributed by atoms with E-state index >= 15 is 0 Å². The van der Waals surface area contributed by atoms with Crippen molar-refractivity contribution in [1.29, 1.82) is 0 Å². The molecule has 2 heterocycles. The number of rotatable bonds is 3. The summed E-state index contributed by atoms with van der Waals surface area (Å²) in [6.07, 6.45) is 2.04. The molecule has 1 fully saturated rings. The highest BCUT2D eigenvalue weighted by molar-refractivity contribution is 7.10. The van der Waals surface area contributed by atoms with Gasteiger partial charge in [-0.3, -0.25) is 9.59 Å². The van der Waals surface area contributed by atoms with Crippen LogP contribution in [-0.2, 0) is 16.0 Å². The molecule has 1 N–H and O–H groups in total. The fourth-order valence-electron chi connectivity index (χ4n) is 2.27. The van der Waals surface area contributed by atoms with Crippen LogP contribution >= 0.6 is 11.3 Å². The number of amides is 2. The molecule has 0 aromatic carbocycles. The Morgan fingerprint density at radius 2 is 2.17 bits per heavy atom. The molecule has 0 radical (unpaired) electrons. The fourth-order valence-corrected chi connectivity index (χ4v) is 2.97. The molecule has 0 saturated carbocycles. The molecule has 18 heavy (non-hydrogen) atoms. The zero-order chi connectivity index (χ0) is 13.0. The number of hydrogen-bond acceptors (Lipinski definition) is 3. The lowest BCUT2D eigenvalue weighted by Gasteiger charge is -2.31. The number of nitrogens with zero attached hydrogens (tertiary/aromatic N) is 1. The van der Waals surface area contributed by atoms with Gasteiger partial charge in [0, 0.05) is 30.9 Å². The van der Waals surface area contributed by atoms with Gasteiger partial charge in [-0.2, -0.15) is 0 Å². The number of carbonyl (C=O) groups is 2. The first-order valence-corrected chi connectivity index (χ1v) is 7.10. The van der Waals surface area contributed by atoms with Crippen molar-refractivity contribution in [3.05, 3.63) is 22.4 Å². The van der Waals surface area contributed by atoms with Crippen LogP contribution in [0.25, 0.3) is 0 Å². The number of hydrogen-bond donors (Lipinski definition) is 1. The molecule has 2 amide bonds. The molecule has 1 aliphatic heterocycles. The molecule has 1 aliphatic rings. The van der Waals surface area contributed by atoms with E-state index in [0.717, 1.165) is 17.7 Å². The average Bonchev–Trinajstić information content (AvgIpc) is 2.91. The second kappa shape index (κ2) is 6.00. The van der Waals surface area contributed by atoms with Gasteiger partial charge in [-0.05, 0) is 24.3 Å². The maximum absolute atomic E-state index is 12.0. The van der Waals surface area contributed by atoms with Crippen molar-refractivity contribution in [2.45, 2.75) is 19.3 Å². The van der Waals surface area contributed by atoms with Gasteiger partial charge in [0.1, 0.15) is 0 Å². The summed E-state index contributed by atoms with van der Waals surface area (Å²) in [7, 11) is 1.66. The summed E-state index contributed by atoms with van der Waals surface area (Å²) in [6.45, 7) is 1.39. The lowest BCUT2D eigenvalue weighted by molar-refractivity contribution is -0.134. The van der Waals surface area contributed by atoms with Gasteiger partial charge in [0.05, 0.1) is 6.42 Å². The summed E-state index contributed by atoms with van der Waals surface area (Å²) in [5.41, 5.74) is 0. The predicted octanol–water partition coefficient (Wildman–Crippen LogP) is 1.28. The molecule has 4 nitrogen and oxygen atoms in total. The van der Waals surface area contributed by atoms with Gasteiger partial charge in [0.25, 0.3) is 0 Å². The second-order valence-corrected chi connectivity index (χ2v) is 5.56. The predicted molar refractivity (Wildman–Crippen MR) is 71.4 cm³/mol. The van der Waals surface area contributed by atoms with E-state index < -0.39 is 0 Å². The average molecular weight is 266 g/mol. The minimum atomic E-state index is 0.0702. The van der Waals surface area contributed by atoms with E-state index in [1.54, 1.807) is 18.4 Å².